The summed E-state index contributed by atoms with van der Waals surface area (Å²) in [5.74, 6) is 0.957. The maximum Gasteiger partial charge on any atom is 0.248 e. The van der Waals surface area contributed by atoms with Gasteiger partial charge >= 0.3 is 0 Å². The maximum absolute atomic E-state index is 13.2. The largest absolute Gasteiger partial charge is 0.457 e. The summed E-state index contributed by atoms with van der Waals surface area (Å²) < 4.78 is 12.0. The van der Waals surface area contributed by atoms with E-state index in [1.165, 1.54) is 0 Å². The first kappa shape index (κ1) is 24.3. The van der Waals surface area contributed by atoms with Crippen molar-refractivity contribution in [1.82, 2.24) is 4.98 Å². The molecule has 2 aliphatic rings. The van der Waals surface area contributed by atoms with Crippen molar-refractivity contribution in [3.05, 3.63) is 81.5 Å². The molecule has 1 aromatic heterocycles. The Hall–Kier alpha value is -3.42. The highest BCUT2D eigenvalue weighted by atomic mass is 35.5. The molecule has 0 saturated carbocycles. The van der Waals surface area contributed by atoms with Crippen molar-refractivity contribution in [3.8, 4) is 11.5 Å². The Bertz CT molecular complexity index is 1320. The summed E-state index contributed by atoms with van der Waals surface area (Å²) in [6.07, 6.45) is 1.82. The summed E-state index contributed by atoms with van der Waals surface area (Å²) in [6.45, 7) is 5.07. The lowest BCUT2D eigenvalue weighted by Crippen LogP contribution is -2.27. The molecule has 1 unspecified atom stereocenters. The number of hydrogen-bond donors (Lipinski definition) is 1. The van der Waals surface area contributed by atoms with Crippen LogP contribution in [-0.2, 0) is 9.53 Å². The molecule has 2 fully saturated rings. The summed E-state index contributed by atoms with van der Waals surface area (Å²) in [5.41, 5.74) is 9.61. The van der Waals surface area contributed by atoms with Gasteiger partial charge in [0, 0.05) is 41.6 Å². The Morgan fingerprint density at radius 3 is 2.61 bits per heavy atom. The highest BCUT2D eigenvalue weighted by Crippen LogP contribution is 2.40. The fourth-order valence-electron chi connectivity index (χ4n) is 4.98. The number of ether oxygens (including phenoxy) is 2. The van der Waals surface area contributed by atoms with Gasteiger partial charge < -0.3 is 15.2 Å². The molecule has 3 heterocycles. The number of halogens is 1. The monoisotopic (exact) mass is 505 g/mol. The van der Waals surface area contributed by atoms with Crippen molar-refractivity contribution in [3.63, 3.8) is 0 Å². The van der Waals surface area contributed by atoms with Gasteiger partial charge in [-0.25, -0.2) is 4.98 Å². The van der Waals surface area contributed by atoms with Crippen LogP contribution < -0.4 is 15.4 Å². The molecule has 2 atom stereocenters. The molecule has 0 radical (unpaired) electrons. The molecule has 0 spiro atoms. The molecule has 0 aliphatic carbocycles. The topological polar surface area (TPSA) is 94.8 Å². The highest BCUT2D eigenvalue weighted by Gasteiger charge is 2.35. The van der Waals surface area contributed by atoms with Crippen LogP contribution in [0, 0.1) is 13.8 Å². The molecular formula is C28H28ClN3O4. The predicted octanol–water partition coefficient (Wildman–Crippen LogP) is 5.62. The zero-order valence-electron chi connectivity index (χ0n) is 20.3. The summed E-state index contributed by atoms with van der Waals surface area (Å²) >= 11 is 6.31. The fourth-order valence-corrected chi connectivity index (χ4v) is 5.15. The Morgan fingerprint density at radius 1 is 1.14 bits per heavy atom. The number of carbonyl (C=O) groups is 2. The molecule has 2 aliphatic heterocycles. The number of aromatic nitrogens is 1. The van der Waals surface area contributed by atoms with Gasteiger partial charge in [-0.15, -0.1) is 0 Å². The molecule has 5 rings (SSSR count). The number of carbonyl (C=O) groups excluding carboxylic acids is 2. The van der Waals surface area contributed by atoms with E-state index in [0.717, 1.165) is 29.5 Å². The van der Waals surface area contributed by atoms with Gasteiger partial charge in [-0.1, -0.05) is 23.7 Å². The molecule has 2 saturated heterocycles. The number of primary amides is 1. The van der Waals surface area contributed by atoms with E-state index in [-0.39, 0.29) is 24.3 Å². The van der Waals surface area contributed by atoms with Crippen LogP contribution in [0.25, 0.3) is 0 Å². The molecule has 2 aromatic carbocycles. The number of anilines is 1. The normalized spacial score (nSPS) is 19.6. The molecule has 7 nitrogen and oxygen atoms in total. The van der Waals surface area contributed by atoms with Crippen molar-refractivity contribution in [2.45, 2.75) is 45.1 Å². The molecule has 8 heteroatoms. The zero-order valence-corrected chi connectivity index (χ0v) is 21.0. The smallest absolute Gasteiger partial charge is 0.248 e. The summed E-state index contributed by atoms with van der Waals surface area (Å²) in [5, 5.41) is 0.552. The summed E-state index contributed by atoms with van der Waals surface area (Å²) in [6, 6.07) is 14.8. The first-order valence-corrected chi connectivity index (χ1v) is 12.4. The van der Waals surface area contributed by atoms with Gasteiger partial charge in [0.2, 0.25) is 11.8 Å². The van der Waals surface area contributed by atoms with Crippen LogP contribution in [0.5, 0.6) is 11.5 Å². The summed E-state index contributed by atoms with van der Waals surface area (Å²) in [4.78, 5) is 31.5. The van der Waals surface area contributed by atoms with Gasteiger partial charge in [0.25, 0.3) is 0 Å². The number of aryl methyl sites for hydroxylation is 2. The second kappa shape index (κ2) is 9.91. The van der Waals surface area contributed by atoms with Crippen molar-refractivity contribution >= 4 is 29.2 Å². The predicted molar refractivity (Wildman–Crippen MR) is 138 cm³/mol. The van der Waals surface area contributed by atoms with E-state index in [1.807, 2.05) is 32.0 Å². The van der Waals surface area contributed by atoms with Crippen molar-refractivity contribution in [2.24, 2.45) is 5.73 Å². The van der Waals surface area contributed by atoms with Crippen LogP contribution in [0.4, 0.5) is 5.82 Å². The number of nitrogens with two attached hydrogens (primary N) is 1. The molecule has 0 bridgehead atoms. The van der Waals surface area contributed by atoms with E-state index < -0.39 is 5.91 Å². The van der Waals surface area contributed by atoms with Gasteiger partial charge in [-0.3, -0.25) is 14.5 Å². The van der Waals surface area contributed by atoms with Gasteiger partial charge in [0.15, 0.2) is 0 Å². The minimum atomic E-state index is -0.567. The van der Waals surface area contributed by atoms with Crippen LogP contribution in [0.15, 0.2) is 48.5 Å². The average Bonchev–Trinajstić information content (AvgIpc) is 3.48. The molecule has 36 heavy (non-hydrogen) atoms. The molecule has 3 aromatic rings. The third-order valence-corrected chi connectivity index (χ3v) is 6.85. The number of nitrogens with zero attached hydrogens (tertiary/aromatic N) is 2. The van der Waals surface area contributed by atoms with E-state index in [1.54, 1.807) is 29.2 Å². The maximum atomic E-state index is 13.2. The highest BCUT2D eigenvalue weighted by molar-refractivity contribution is 6.30. The average molecular weight is 506 g/mol. The lowest BCUT2D eigenvalue weighted by atomic mass is 9.97. The third-order valence-electron chi connectivity index (χ3n) is 6.62. The Labute approximate surface area is 215 Å². The van der Waals surface area contributed by atoms with Crippen molar-refractivity contribution in [2.75, 3.05) is 18.1 Å². The minimum absolute atomic E-state index is 0.0836. The Morgan fingerprint density at radius 2 is 1.92 bits per heavy atom. The van der Waals surface area contributed by atoms with Crippen LogP contribution in [-0.4, -0.2) is 29.9 Å². The zero-order chi connectivity index (χ0) is 25.4. The summed E-state index contributed by atoms with van der Waals surface area (Å²) in [7, 11) is 0. The van der Waals surface area contributed by atoms with E-state index in [0.29, 0.717) is 46.7 Å². The van der Waals surface area contributed by atoms with E-state index >= 15 is 0 Å². The number of amides is 2. The van der Waals surface area contributed by atoms with Gasteiger partial charge in [-0.05, 0) is 74.2 Å². The Kier molecular flexibility index (Phi) is 6.69. The molecular weight excluding hydrogens is 478 g/mol. The number of pyridine rings is 1. The molecule has 2 N–H and O–H groups in total. The molecule has 2 amide bonds. The quantitative estimate of drug-likeness (QED) is 0.469. The second-order valence-electron chi connectivity index (χ2n) is 9.52. The van der Waals surface area contributed by atoms with Crippen LogP contribution in [0.3, 0.4) is 0 Å². The van der Waals surface area contributed by atoms with Crippen LogP contribution >= 0.6 is 11.6 Å². The standard InChI is InChI=1S/C28H28ClN3O4/c1-16-8-17(2)10-21(9-16)36-25-14-20(29)5-6-22(25)19-13-27(33)32(15-19)26-12-18(28(30)34)11-23(31-26)24-4-3-7-35-24/h5-6,8-12,14,19,24H,3-4,7,13,15H2,1-2H3,(H2,30,34)/t19-,24?/m0/s1. The van der Waals surface area contributed by atoms with Gasteiger partial charge in [0.1, 0.15) is 17.3 Å². The van der Waals surface area contributed by atoms with E-state index in [2.05, 4.69) is 6.07 Å². The van der Waals surface area contributed by atoms with Gasteiger partial charge in [0.05, 0.1) is 11.8 Å². The first-order chi connectivity index (χ1) is 17.3. The minimum Gasteiger partial charge on any atom is -0.457 e. The van der Waals surface area contributed by atoms with Crippen molar-refractivity contribution < 1.29 is 19.1 Å². The third kappa shape index (κ3) is 5.08. The lowest BCUT2D eigenvalue weighted by Gasteiger charge is -2.20. The number of hydrogen-bond acceptors (Lipinski definition) is 5. The van der Waals surface area contributed by atoms with Crippen LogP contribution in [0.2, 0.25) is 5.02 Å². The molecule has 186 valence electrons. The fraction of sp³-hybridized carbons (Fsp3) is 0.321. The SMILES string of the molecule is Cc1cc(C)cc(Oc2cc(Cl)ccc2[C@H]2CC(=O)N(c3cc(C(N)=O)cc(C4CCCO4)n3)C2)c1. The van der Waals surface area contributed by atoms with Gasteiger partial charge in [-0.2, -0.15) is 0 Å². The first-order valence-electron chi connectivity index (χ1n) is 12.1. The van der Waals surface area contributed by atoms with Crippen molar-refractivity contribution in [1.29, 1.82) is 0 Å². The van der Waals surface area contributed by atoms with E-state index in [4.69, 9.17) is 31.8 Å². The number of rotatable bonds is 6. The Balaban J connectivity index is 1.45. The lowest BCUT2D eigenvalue weighted by molar-refractivity contribution is -0.117. The number of benzene rings is 2. The van der Waals surface area contributed by atoms with E-state index in [9.17, 15) is 9.59 Å². The van der Waals surface area contributed by atoms with Crippen LogP contribution in [0.1, 0.15) is 64.0 Å². The second-order valence-corrected chi connectivity index (χ2v) is 9.95.